The van der Waals surface area contributed by atoms with Gasteiger partial charge in [0.05, 0.1) is 12.7 Å². The quantitative estimate of drug-likeness (QED) is 0.716. The van der Waals surface area contributed by atoms with Crippen molar-refractivity contribution in [3.63, 3.8) is 0 Å². The minimum absolute atomic E-state index is 0.612. The highest BCUT2D eigenvalue weighted by atomic mass is 16.5. The molecule has 3 heteroatoms. The first kappa shape index (κ1) is 10.7. The van der Waals surface area contributed by atoms with Gasteiger partial charge in [-0.15, -0.1) is 0 Å². The molecule has 14 heavy (non-hydrogen) atoms. The van der Waals surface area contributed by atoms with Crippen LogP contribution in [0.5, 0.6) is 5.75 Å². The van der Waals surface area contributed by atoms with Gasteiger partial charge in [0.15, 0.2) is 6.29 Å². The van der Waals surface area contributed by atoms with Gasteiger partial charge < -0.3 is 10.1 Å². The predicted octanol–water partition coefficient (Wildman–Crippen LogP) is 1.27. The Morgan fingerprint density at radius 2 is 2.29 bits per heavy atom. The van der Waals surface area contributed by atoms with E-state index >= 15 is 0 Å². The van der Waals surface area contributed by atoms with Gasteiger partial charge in [-0.3, -0.25) is 4.79 Å². The zero-order chi connectivity index (χ0) is 10.4. The number of hydrogen-bond acceptors (Lipinski definition) is 3. The summed E-state index contributed by atoms with van der Waals surface area (Å²) in [7, 11) is 3.47. The van der Waals surface area contributed by atoms with Crippen LogP contribution in [0, 0.1) is 0 Å². The van der Waals surface area contributed by atoms with Crippen LogP contribution in [0.3, 0.4) is 0 Å². The van der Waals surface area contributed by atoms with E-state index in [-0.39, 0.29) is 0 Å². The number of hydrogen-bond donors (Lipinski definition) is 1. The van der Waals surface area contributed by atoms with Gasteiger partial charge in [-0.2, -0.15) is 0 Å². The van der Waals surface area contributed by atoms with E-state index < -0.39 is 0 Å². The van der Waals surface area contributed by atoms with Gasteiger partial charge in [0.25, 0.3) is 0 Å². The molecule has 1 aromatic rings. The first-order chi connectivity index (χ1) is 6.81. The van der Waals surface area contributed by atoms with Crippen molar-refractivity contribution < 1.29 is 9.53 Å². The molecular weight excluding hydrogens is 178 g/mol. The van der Waals surface area contributed by atoms with E-state index in [9.17, 15) is 4.79 Å². The molecule has 0 atom stereocenters. The maximum absolute atomic E-state index is 10.7. The summed E-state index contributed by atoms with van der Waals surface area (Å²) >= 11 is 0. The largest absolute Gasteiger partial charge is 0.496 e. The van der Waals surface area contributed by atoms with E-state index in [1.807, 2.05) is 25.2 Å². The first-order valence-corrected chi connectivity index (χ1v) is 4.58. The Hall–Kier alpha value is -1.35. The third kappa shape index (κ3) is 2.57. The van der Waals surface area contributed by atoms with E-state index in [4.69, 9.17) is 4.74 Å². The molecule has 0 saturated carbocycles. The maximum atomic E-state index is 10.7. The second kappa shape index (κ2) is 5.40. The Labute approximate surface area is 84.1 Å². The molecular formula is C11H15NO2. The number of likely N-dealkylation sites (N-methyl/N-ethyl adjacent to an activating group) is 1. The predicted molar refractivity (Wildman–Crippen MR) is 56.0 cm³/mol. The molecule has 0 saturated heterocycles. The van der Waals surface area contributed by atoms with Crippen molar-refractivity contribution >= 4 is 6.29 Å². The number of carbonyl (C=O) groups excluding carboxylic acids is 1. The number of ether oxygens (including phenoxy) is 1. The van der Waals surface area contributed by atoms with Gasteiger partial charge in [-0.05, 0) is 37.7 Å². The van der Waals surface area contributed by atoms with Crippen LogP contribution in [0.2, 0.25) is 0 Å². The van der Waals surface area contributed by atoms with Crippen molar-refractivity contribution in [2.45, 2.75) is 6.42 Å². The Morgan fingerprint density at radius 3 is 2.86 bits per heavy atom. The second-order valence-corrected chi connectivity index (χ2v) is 3.05. The Kier molecular flexibility index (Phi) is 4.13. The summed E-state index contributed by atoms with van der Waals surface area (Å²) in [5.41, 5.74) is 1.75. The Bertz CT molecular complexity index is 310. The van der Waals surface area contributed by atoms with Gasteiger partial charge in [0.1, 0.15) is 5.75 Å². The topological polar surface area (TPSA) is 38.3 Å². The van der Waals surface area contributed by atoms with Crippen LogP contribution in [0.4, 0.5) is 0 Å². The van der Waals surface area contributed by atoms with Gasteiger partial charge in [-0.25, -0.2) is 0 Å². The van der Waals surface area contributed by atoms with E-state index in [0.29, 0.717) is 11.3 Å². The fraction of sp³-hybridized carbons (Fsp3) is 0.364. The second-order valence-electron chi connectivity index (χ2n) is 3.05. The van der Waals surface area contributed by atoms with Crippen molar-refractivity contribution in [3.8, 4) is 5.75 Å². The van der Waals surface area contributed by atoms with Crippen LogP contribution in [-0.2, 0) is 6.42 Å². The molecule has 0 unspecified atom stereocenters. The Morgan fingerprint density at radius 1 is 1.50 bits per heavy atom. The number of benzene rings is 1. The van der Waals surface area contributed by atoms with Crippen LogP contribution in [0.1, 0.15) is 15.9 Å². The molecule has 0 bridgehead atoms. The molecule has 76 valence electrons. The molecule has 1 rings (SSSR count). The maximum Gasteiger partial charge on any atom is 0.153 e. The molecule has 0 radical (unpaired) electrons. The minimum atomic E-state index is 0.612. The van der Waals surface area contributed by atoms with Crippen molar-refractivity contribution in [2.75, 3.05) is 20.7 Å². The van der Waals surface area contributed by atoms with Crippen molar-refractivity contribution in [1.29, 1.82) is 0 Å². The zero-order valence-electron chi connectivity index (χ0n) is 8.54. The fourth-order valence-corrected chi connectivity index (χ4v) is 1.30. The molecule has 0 aliphatic rings. The lowest BCUT2D eigenvalue weighted by Crippen LogP contribution is -2.10. The first-order valence-electron chi connectivity index (χ1n) is 4.58. The molecule has 1 N–H and O–H groups in total. The lowest BCUT2D eigenvalue weighted by Gasteiger charge is -2.06. The molecule has 0 aliphatic carbocycles. The summed E-state index contributed by atoms with van der Waals surface area (Å²) in [5, 5.41) is 3.06. The highest BCUT2D eigenvalue weighted by molar-refractivity contribution is 5.79. The third-order valence-corrected chi connectivity index (χ3v) is 2.08. The summed E-state index contributed by atoms with van der Waals surface area (Å²) in [6.07, 6.45) is 1.74. The van der Waals surface area contributed by atoms with Gasteiger partial charge in [0.2, 0.25) is 0 Å². The summed E-state index contributed by atoms with van der Waals surface area (Å²) in [6, 6.07) is 5.67. The standard InChI is InChI=1S/C11H15NO2/c1-12-6-5-9-3-4-11(14-2)10(7-9)8-13/h3-4,7-8,12H,5-6H2,1-2H3. The minimum Gasteiger partial charge on any atom is -0.496 e. The summed E-state index contributed by atoms with van der Waals surface area (Å²) in [4.78, 5) is 10.7. The van der Waals surface area contributed by atoms with Crippen LogP contribution in [0.15, 0.2) is 18.2 Å². The van der Waals surface area contributed by atoms with Gasteiger partial charge >= 0.3 is 0 Å². The van der Waals surface area contributed by atoms with E-state index in [2.05, 4.69) is 5.32 Å². The number of methoxy groups -OCH3 is 1. The van der Waals surface area contributed by atoms with Crippen molar-refractivity contribution in [1.82, 2.24) is 5.32 Å². The lowest BCUT2D eigenvalue weighted by atomic mass is 10.1. The SMILES string of the molecule is CNCCc1ccc(OC)c(C=O)c1. The van der Waals surface area contributed by atoms with Crippen molar-refractivity contribution in [2.24, 2.45) is 0 Å². The van der Waals surface area contributed by atoms with Crippen molar-refractivity contribution in [3.05, 3.63) is 29.3 Å². The molecule has 0 heterocycles. The summed E-state index contributed by atoms with van der Waals surface area (Å²) in [6.45, 7) is 0.907. The van der Waals surface area contributed by atoms with E-state index in [1.165, 1.54) is 0 Å². The highest BCUT2D eigenvalue weighted by Gasteiger charge is 2.02. The van der Waals surface area contributed by atoms with Crippen LogP contribution in [-0.4, -0.2) is 27.0 Å². The van der Waals surface area contributed by atoms with E-state index in [1.54, 1.807) is 7.11 Å². The smallest absolute Gasteiger partial charge is 0.153 e. The molecule has 0 spiro atoms. The lowest BCUT2D eigenvalue weighted by molar-refractivity contribution is 0.112. The third-order valence-electron chi connectivity index (χ3n) is 2.08. The molecule has 0 fully saturated rings. The highest BCUT2D eigenvalue weighted by Crippen LogP contribution is 2.17. The Balaban J connectivity index is 2.84. The molecule has 1 aromatic carbocycles. The molecule has 0 amide bonds. The monoisotopic (exact) mass is 193 g/mol. The average Bonchev–Trinajstić information content (AvgIpc) is 2.25. The molecule has 0 aliphatic heterocycles. The fourth-order valence-electron chi connectivity index (χ4n) is 1.30. The van der Waals surface area contributed by atoms with Crippen LogP contribution >= 0.6 is 0 Å². The van der Waals surface area contributed by atoms with Gasteiger partial charge in [0, 0.05) is 0 Å². The van der Waals surface area contributed by atoms with Crippen LogP contribution in [0.25, 0.3) is 0 Å². The number of aldehydes is 1. The summed E-state index contributed by atoms with van der Waals surface area (Å²) in [5.74, 6) is 0.633. The molecule has 3 nitrogen and oxygen atoms in total. The number of rotatable bonds is 5. The van der Waals surface area contributed by atoms with E-state index in [0.717, 1.165) is 24.8 Å². The normalized spacial score (nSPS) is 9.86. The van der Waals surface area contributed by atoms with Crippen LogP contribution < -0.4 is 10.1 Å². The summed E-state index contributed by atoms with van der Waals surface area (Å²) < 4.78 is 5.05. The van der Waals surface area contributed by atoms with Gasteiger partial charge in [-0.1, -0.05) is 6.07 Å². The average molecular weight is 193 g/mol. The molecule has 0 aromatic heterocycles. The number of nitrogens with one attached hydrogen (secondary N) is 1. The zero-order valence-corrected chi connectivity index (χ0v) is 8.54. The number of carbonyl (C=O) groups is 1.